The standard InChI is InChI=1S/C11H21N5O5/c1-5(12)10(19)14-7(9(13)18)3-4-8(17)16-15-6(2)11(20)21/h5-7,15H,3-4,12H2,1-2H3,(H2,13,18)(H,14,19)(H,16,17)(H,20,21)/t5-,6-,7-/m0/s1/i/hD. The van der Waals surface area contributed by atoms with Gasteiger partial charge in [0.05, 0.1) is 6.04 Å². The fraction of sp³-hybridized carbons (Fsp3) is 0.636. The predicted molar refractivity (Wildman–Crippen MR) is 72.4 cm³/mol. The van der Waals surface area contributed by atoms with E-state index in [1.54, 1.807) is 0 Å². The van der Waals surface area contributed by atoms with Crippen LogP contribution in [0.2, 0.25) is 1.41 Å². The van der Waals surface area contributed by atoms with Crippen molar-refractivity contribution in [1.82, 2.24) is 16.2 Å². The maximum absolute atomic E-state index is 11.5. The molecular weight excluding hydrogens is 282 g/mol. The molecule has 0 rings (SSSR count). The van der Waals surface area contributed by atoms with E-state index in [2.05, 4.69) is 16.2 Å². The SMILES string of the molecule is [2H]N[C@@H](C)C(=O)N[C@@H](CCC(=O)NN[C@@H](C)C(=O)O)C(N)=O. The molecule has 3 amide bonds. The van der Waals surface area contributed by atoms with Crippen molar-refractivity contribution >= 4 is 23.7 Å². The lowest BCUT2D eigenvalue weighted by Gasteiger charge is -2.17. The first kappa shape index (κ1) is 16.9. The highest BCUT2D eigenvalue weighted by molar-refractivity contribution is 5.89. The van der Waals surface area contributed by atoms with Crippen LogP contribution in [0.3, 0.4) is 0 Å². The number of carboxylic acid groups (broad SMARTS) is 1. The first-order valence-electron chi connectivity index (χ1n) is 6.73. The topological polar surface area (TPSA) is 177 Å². The van der Waals surface area contributed by atoms with Gasteiger partial charge in [-0.15, -0.1) is 0 Å². The zero-order valence-corrected chi connectivity index (χ0v) is 11.8. The Kier molecular flexibility index (Phi) is 7.12. The third kappa shape index (κ3) is 7.84. The van der Waals surface area contributed by atoms with Gasteiger partial charge in [0.2, 0.25) is 17.7 Å². The van der Waals surface area contributed by atoms with Gasteiger partial charge in [0, 0.05) is 6.42 Å². The average molecular weight is 304 g/mol. The van der Waals surface area contributed by atoms with E-state index in [4.69, 9.17) is 12.3 Å². The lowest BCUT2D eigenvalue weighted by molar-refractivity contribution is -0.139. The molecule has 0 heterocycles. The normalized spacial score (nSPS) is 15.2. The fourth-order valence-electron chi connectivity index (χ4n) is 1.17. The van der Waals surface area contributed by atoms with Crippen LogP contribution >= 0.6 is 0 Å². The first-order valence-corrected chi connectivity index (χ1v) is 6.23. The van der Waals surface area contributed by atoms with Gasteiger partial charge < -0.3 is 21.9 Å². The second kappa shape index (κ2) is 8.87. The molecule has 8 N–H and O–H groups in total. The van der Waals surface area contributed by atoms with Crippen LogP contribution in [0, 0.1) is 0 Å². The van der Waals surface area contributed by atoms with Crippen LogP contribution in [-0.4, -0.2) is 46.9 Å². The van der Waals surface area contributed by atoms with Gasteiger partial charge in [-0.05, 0) is 20.3 Å². The summed E-state index contributed by atoms with van der Waals surface area (Å²) in [7, 11) is 0. The Bertz CT molecular complexity index is 433. The molecule has 0 aliphatic rings. The Hall–Kier alpha value is -2.20. The zero-order valence-electron chi connectivity index (χ0n) is 12.8. The summed E-state index contributed by atoms with van der Waals surface area (Å²) in [5, 5.41) is 10.9. The summed E-state index contributed by atoms with van der Waals surface area (Å²) < 4.78 is 6.84. The summed E-state index contributed by atoms with van der Waals surface area (Å²) in [6, 6.07) is -2.88. The van der Waals surface area contributed by atoms with E-state index in [0.29, 0.717) is 0 Å². The number of nitrogens with two attached hydrogens (primary N) is 2. The molecule has 0 aromatic rings. The van der Waals surface area contributed by atoms with Crippen LogP contribution in [0.1, 0.15) is 26.7 Å². The Morgan fingerprint density at radius 3 is 2.38 bits per heavy atom. The molecule has 0 aliphatic heterocycles. The smallest absolute Gasteiger partial charge is 0.322 e. The molecule has 10 nitrogen and oxygen atoms in total. The molecule has 0 aromatic heterocycles. The van der Waals surface area contributed by atoms with E-state index >= 15 is 0 Å². The van der Waals surface area contributed by atoms with Crippen LogP contribution < -0.4 is 27.6 Å². The van der Waals surface area contributed by atoms with Crippen molar-refractivity contribution in [2.75, 3.05) is 0 Å². The summed E-state index contributed by atoms with van der Waals surface area (Å²) in [4.78, 5) is 44.8. The minimum atomic E-state index is -1.14. The molecule has 0 saturated heterocycles. The number of aliphatic carboxylic acids is 1. The number of hydrogen-bond acceptors (Lipinski definition) is 6. The second-order valence-corrected chi connectivity index (χ2v) is 4.48. The Morgan fingerprint density at radius 2 is 1.90 bits per heavy atom. The Balaban J connectivity index is 4.30. The van der Waals surface area contributed by atoms with Gasteiger partial charge in [0.15, 0.2) is 0 Å². The minimum Gasteiger partial charge on any atom is -0.480 e. The quantitative estimate of drug-likeness (QED) is 0.236. The zero-order chi connectivity index (χ0) is 17.3. The van der Waals surface area contributed by atoms with Crippen LogP contribution in [0.4, 0.5) is 0 Å². The molecule has 0 saturated carbocycles. The van der Waals surface area contributed by atoms with Crippen molar-refractivity contribution in [2.24, 2.45) is 11.5 Å². The molecule has 0 fully saturated rings. The largest absolute Gasteiger partial charge is 0.480 e. The maximum atomic E-state index is 11.5. The lowest BCUT2D eigenvalue weighted by Crippen LogP contribution is -2.50. The number of carbonyl (C=O) groups is 4. The number of carbonyl (C=O) groups excluding carboxylic acids is 3. The van der Waals surface area contributed by atoms with Crippen molar-refractivity contribution in [3.8, 4) is 0 Å². The van der Waals surface area contributed by atoms with E-state index in [9.17, 15) is 19.2 Å². The molecule has 21 heavy (non-hydrogen) atoms. The molecule has 3 atom stereocenters. The van der Waals surface area contributed by atoms with Crippen LogP contribution in [-0.2, 0) is 19.2 Å². The Labute approximate surface area is 123 Å². The molecule has 0 radical (unpaired) electrons. The summed E-state index contributed by atoms with van der Waals surface area (Å²) >= 11 is 0. The number of primary amides is 1. The van der Waals surface area contributed by atoms with Gasteiger partial charge >= 0.3 is 5.97 Å². The molecule has 120 valence electrons. The number of rotatable bonds is 10. The highest BCUT2D eigenvalue weighted by Gasteiger charge is 2.21. The molecule has 10 heteroatoms. The summed E-state index contributed by atoms with van der Waals surface area (Å²) in [5.41, 5.74) is 11.5. The van der Waals surface area contributed by atoms with E-state index in [1.807, 2.05) is 5.73 Å². The van der Waals surface area contributed by atoms with Crippen LogP contribution in [0.25, 0.3) is 0 Å². The molecule has 0 unspecified atom stereocenters. The van der Waals surface area contributed by atoms with Crippen molar-refractivity contribution in [2.45, 2.75) is 44.8 Å². The van der Waals surface area contributed by atoms with Gasteiger partial charge in [-0.25, -0.2) is 5.43 Å². The Morgan fingerprint density at radius 1 is 1.29 bits per heavy atom. The van der Waals surface area contributed by atoms with Crippen LogP contribution in [0.15, 0.2) is 0 Å². The van der Waals surface area contributed by atoms with Gasteiger partial charge in [-0.1, -0.05) is 0 Å². The second-order valence-electron chi connectivity index (χ2n) is 4.48. The first-order chi connectivity index (χ1) is 10.2. The van der Waals surface area contributed by atoms with Crippen LogP contribution in [0.5, 0.6) is 0 Å². The van der Waals surface area contributed by atoms with Gasteiger partial charge in [0.1, 0.15) is 13.5 Å². The summed E-state index contributed by atoms with van der Waals surface area (Å²) in [6.07, 6.45) is -0.212. The average Bonchev–Trinajstić information content (AvgIpc) is 2.46. The third-order valence-electron chi connectivity index (χ3n) is 2.51. The minimum absolute atomic E-state index is 0.0548. The van der Waals surface area contributed by atoms with Crippen molar-refractivity contribution in [3.05, 3.63) is 0 Å². The number of carboxylic acids is 1. The third-order valence-corrected chi connectivity index (χ3v) is 2.51. The molecule has 0 bridgehead atoms. The van der Waals surface area contributed by atoms with E-state index in [-0.39, 0.29) is 12.8 Å². The summed E-state index contributed by atoms with van der Waals surface area (Å²) in [6.45, 7) is 2.76. The lowest BCUT2D eigenvalue weighted by atomic mass is 10.1. The van der Waals surface area contributed by atoms with Crippen molar-refractivity contribution < 1.29 is 25.7 Å². The predicted octanol–water partition coefficient (Wildman–Crippen LogP) is -2.82. The molecular formula is C11H21N5O5. The number of nitrogens with one attached hydrogen (secondary N) is 3. The van der Waals surface area contributed by atoms with Gasteiger partial charge in [0.25, 0.3) is 0 Å². The van der Waals surface area contributed by atoms with E-state index < -0.39 is 41.8 Å². The monoisotopic (exact) mass is 304 g/mol. The molecule has 0 aromatic carbocycles. The van der Waals surface area contributed by atoms with Crippen molar-refractivity contribution in [1.29, 1.82) is 0 Å². The number of hydrogen-bond donors (Lipinski definition) is 6. The number of hydrazine groups is 1. The molecule has 0 spiro atoms. The maximum Gasteiger partial charge on any atom is 0.322 e. The highest BCUT2D eigenvalue weighted by atomic mass is 16.4. The fourth-order valence-corrected chi connectivity index (χ4v) is 1.17. The number of amides is 3. The van der Waals surface area contributed by atoms with E-state index in [1.165, 1.54) is 13.8 Å². The highest BCUT2D eigenvalue weighted by Crippen LogP contribution is 1.98. The molecule has 0 aliphatic carbocycles. The van der Waals surface area contributed by atoms with Crippen molar-refractivity contribution in [3.63, 3.8) is 0 Å². The van der Waals surface area contributed by atoms with Gasteiger partial charge in [-0.3, -0.25) is 24.6 Å². The van der Waals surface area contributed by atoms with Gasteiger partial charge in [-0.2, -0.15) is 0 Å². The summed E-state index contributed by atoms with van der Waals surface area (Å²) in [5.74, 6) is -3.11. The van der Waals surface area contributed by atoms with E-state index in [0.717, 1.165) is 0 Å².